The number of thioether (sulfide) groups is 1. The molecule has 0 saturated heterocycles. The Morgan fingerprint density at radius 3 is 3.10 bits per heavy atom. The fraction of sp³-hybridized carbons (Fsp3) is 0.0833. The van der Waals surface area contributed by atoms with Crippen LogP contribution in [-0.4, -0.2) is 21.1 Å². The SMILES string of the molecule is C=CCSc1nsc(NC(=O)Nc2cccc(F)c2)n1. The number of hydrogen-bond acceptors (Lipinski definition) is 5. The number of nitrogens with zero attached hydrogens (tertiary/aromatic N) is 2. The third kappa shape index (κ3) is 4.32. The van der Waals surface area contributed by atoms with Crippen LogP contribution in [0.2, 0.25) is 0 Å². The molecule has 20 heavy (non-hydrogen) atoms. The van der Waals surface area contributed by atoms with Crippen LogP contribution in [0.4, 0.5) is 20.0 Å². The summed E-state index contributed by atoms with van der Waals surface area (Å²) in [6, 6.07) is 5.14. The van der Waals surface area contributed by atoms with Crippen LogP contribution in [0.1, 0.15) is 0 Å². The van der Waals surface area contributed by atoms with E-state index >= 15 is 0 Å². The van der Waals surface area contributed by atoms with Gasteiger partial charge in [-0.2, -0.15) is 9.36 Å². The fourth-order valence-corrected chi connectivity index (χ4v) is 2.55. The third-order valence-corrected chi connectivity index (χ3v) is 3.63. The molecule has 2 aromatic rings. The summed E-state index contributed by atoms with van der Waals surface area (Å²) in [4.78, 5) is 15.8. The average Bonchev–Trinajstić information content (AvgIpc) is 2.83. The average molecular weight is 310 g/mol. The number of urea groups is 1. The van der Waals surface area contributed by atoms with Gasteiger partial charge in [0, 0.05) is 23.0 Å². The number of carbonyl (C=O) groups is 1. The minimum absolute atomic E-state index is 0.369. The summed E-state index contributed by atoms with van der Waals surface area (Å²) in [6.07, 6.45) is 1.75. The zero-order chi connectivity index (χ0) is 14.4. The molecule has 8 heteroatoms. The molecule has 0 radical (unpaired) electrons. The van der Waals surface area contributed by atoms with E-state index in [1.165, 1.54) is 30.0 Å². The van der Waals surface area contributed by atoms with E-state index < -0.39 is 11.8 Å². The summed E-state index contributed by atoms with van der Waals surface area (Å²) in [5.41, 5.74) is 0.369. The maximum Gasteiger partial charge on any atom is 0.325 e. The van der Waals surface area contributed by atoms with Gasteiger partial charge in [-0.1, -0.05) is 23.9 Å². The number of carbonyl (C=O) groups excluding carboxylic acids is 1. The van der Waals surface area contributed by atoms with Gasteiger partial charge < -0.3 is 5.32 Å². The zero-order valence-corrected chi connectivity index (χ0v) is 11.9. The van der Waals surface area contributed by atoms with E-state index in [0.29, 0.717) is 21.7 Å². The first kappa shape index (κ1) is 14.5. The van der Waals surface area contributed by atoms with E-state index in [0.717, 1.165) is 11.5 Å². The van der Waals surface area contributed by atoms with Crippen molar-refractivity contribution in [3.05, 3.63) is 42.7 Å². The molecular formula is C12H11FN4OS2. The Morgan fingerprint density at radius 2 is 2.35 bits per heavy atom. The van der Waals surface area contributed by atoms with Crippen LogP contribution < -0.4 is 10.6 Å². The summed E-state index contributed by atoms with van der Waals surface area (Å²) in [6.45, 7) is 3.60. The topological polar surface area (TPSA) is 66.9 Å². The van der Waals surface area contributed by atoms with Gasteiger partial charge in [0.2, 0.25) is 10.3 Å². The van der Waals surface area contributed by atoms with Crippen LogP contribution >= 0.6 is 23.3 Å². The number of amides is 2. The van der Waals surface area contributed by atoms with Crippen molar-refractivity contribution in [2.24, 2.45) is 0 Å². The molecule has 2 N–H and O–H groups in total. The lowest BCUT2D eigenvalue weighted by atomic mass is 10.3. The number of rotatable bonds is 5. The lowest BCUT2D eigenvalue weighted by molar-refractivity contribution is 0.262. The van der Waals surface area contributed by atoms with Crippen molar-refractivity contribution in [2.45, 2.75) is 5.16 Å². The molecule has 0 aliphatic heterocycles. The first-order valence-electron chi connectivity index (χ1n) is 5.58. The van der Waals surface area contributed by atoms with E-state index in [1.54, 1.807) is 12.1 Å². The minimum atomic E-state index is -0.493. The van der Waals surface area contributed by atoms with Crippen molar-refractivity contribution in [1.29, 1.82) is 0 Å². The van der Waals surface area contributed by atoms with Gasteiger partial charge in [-0.25, -0.2) is 9.18 Å². The molecule has 104 valence electrons. The highest BCUT2D eigenvalue weighted by Gasteiger charge is 2.08. The van der Waals surface area contributed by atoms with Crippen LogP contribution in [0.3, 0.4) is 0 Å². The van der Waals surface area contributed by atoms with Crippen molar-refractivity contribution in [3.8, 4) is 0 Å². The van der Waals surface area contributed by atoms with Crippen molar-refractivity contribution >= 4 is 40.1 Å². The molecule has 1 aromatic heterocycles. The number of aromatic nitrogens is 2. The Balaban J connectivity index is 1.91. The molecule has 0 unspecified atom stereocenters. The highest BCUT2D eigenvalue weighted by molar-refractivity contribution is 7.99. The van der Waals surface area contributed by atoms with Gasteiger partial charge in [0.25, 0.3) is 0 Å². The largest absolute Gasteiger partial charge is 0.325 e. The van der Waals surface area contributed by atoms with E-state index in [2.05, 4.69) is 26.6 Å². The van der Waals surface area contributed by atoms with Gasteiger partial charge in [-0.3, -0.25) is 5.32 Å². The number of hydrogen-bond donors (Lipinski definition) is 2. The lowest BCUT2D eigenvalue weighted by Crippen LogP contribution is -2.19. The molecule has 0 saturated carbocycles. The third-order valence-electron chi connectivity index (χ3n) is 2.04. The van der Waals surface area contributed by atoms with Gasteiger partial charge in [-0.15, -0.1) is 6.58 Å². The summed E-state index contributed by atoms with van der Waals surface area (Å²) in [5.74, 6) is 0.285. The molecule has 0 atom stereocenters. The van der Waals surface area contributed by atoms with Crippen LogP contribution in [0.15, 0.2) is 42.1 Å². The zero-order valence-electron chi connectivity index (χ0n) is 10.3. The number of anilines is 2. The molecule has 0 aliphatic carbocycles. The van der Waals surface area contributed by atoms with Gasteiger partial charge in [0.05, 0.1) is 0 Å². The predicted molar refractivity (Wildman–Crippen MR) is 79.9 cm³/mol. The summed E-state index contributed by atoms with van der Waals surface area (Å²) in [5, 5.41) is 6.01. The molecule has 1 heterocycles. The molecule has 2 rings (SSSR count). The minimum Gasteiger partial charge on any atom is -0.308 e. The molecule has 1 aromatic carbocycles. The summed E-state index contributed by atoms with van der Waals surface area (Å²) < 4.78 is 17.0. The van der Waals surface area contributed by atoms with Crippen molar-refractivity contribution in [2.75, 3.05) is 16.4 Å². The Morgan fingerprint density at radius 1 is 1.50 bits per heavy atom. The van der Waals surface area contributed by atoms with Gasteiger partial charge >= 0.3 is 6.03 Å². The first-order chi connectivity index (χ1) is 9.67. The molecular weight excluding hydrogens is 299 g/mol. The maximum absolute atomic E-state index is 13.0. The van der Waals surface area contributed by atoms with Crippen LogP contribution in [0, 0.1) is 5.82 Å². The molecule has 0 spiro atoms. The quantitative estimate of drug-likeness (QED) is 0.654. The Kier molecular flexibility index (Phi) is 5.08. The Labute approximate surface area is 123 Å². The van der Waals surface area contributed by atoms with E-state index in [4.69, 9.17) is 0 Å². The van der Waals surface area contributed by atoms with Crippen molar-refractivity contribution in [1.82, 2.24) is 9.36 Å². The van der Waals surface area contributed by atoms with E-state index in [9.17, 15) is 9.18 Å². The smallest absolute Gasteiger partial charge is 0.308 e. The number of nitrogens with one attached hydrogen (secondary N) is 2. The van der Waals surface area contributed by atoms with E-state index in [1.807, 2.05) is 0 Å². The summed E-state index contributed by atoms with van der Waals surface area (Å²) >= 11 is 2.50. The van der Waals surface area contributed by atoms with Gasteiger partial charge in [0.1, 0.15) is 5.82 Å². The normalized spacial score (nSPS) is 10.1. The molecule has 0 aliphatic rings. The van der Waals surface area contributed by atoms with E-state index in [-0.39, 0.29) is 0 Å². The highest BCUT2D eigenvalue weighted by atomic mass is 32.2. The number of benzene rings is 1. The van der Waals surface area contributed by atoms with Crippen LogP contribution in [0.25, 0.3) is 0 Å². The second-order valence-electron chi connectivity index (χ2n) is 3.57. The molecule has 5 nitrogen and oxygen atoms in total. The molecule has 2 amide bonds. The molecule has 0 fully saturated rings. The Bertz CT molecular complexity index is 617. The maximum atomic E-state index is 13.0. The Hall–Kier alpha value is -1.93. The number of halogens is 1. The van der Waals surface area contributed by atoms with Crippen molar-refractivity contribution in [3.63, 3.8) is 0 Å². The van der Waals surface area contributed by atoms with Gasteiger partial charge in [-0.05, 0) is 18.2 Å². The standard InChI is InChI=1S/C12H11FN4OS2/c1-2-6-19-12-16-11(20-17-12)15-10(18)14-9-5-3-4-8(13)7-9/h2-5,7H,1,6H2,(H2,14,15,16,17,18). The highest BCUT2D eigenvalue weighted by Crippen LogP contribution is 2.20. The predicted octanol–water partition coefficient (Wildman–Crippen LogP) is 3.60. The van der Waals surface area contributed by atoms with Crippen LogP contribution in [-0.2, 0) is 0 Å². The monoisotopic (exact) mass is 310 g/mol. The second-order valence-corrected chi connectivity index (χ2v) is 5.31. The fourth-order valence-electron chi connectivity index (χ4n) is 1.28. The first-order valence-corrected chi connectivity index (χ1v) is 7.34. The van der Waals surface area contributed by atoms with Gasteiger partial charge in [0.15, 0.2) is 0 Å². The lowest BCUT2D eigenvalue weighted by Gasteiger charge is -2.04. The van der Waals surface area contributed by atoms with Crippen LogP contribution in [0.5, 0.6) is 0 Å². The molecule has 0 bridgehead atoms. The van der Waals surface area contributed by atoms with Crippen molar-refractivity contribution < 1.29 is 9.18 Å². The summed E-state index contributed by atoms with van der Waals surface area (Å²) in [7, 11) is 0. The second kappa shape index (κ2) is 7.01.